The molecule has 0 spiro atoms. The summed E-state index contributed by atoms with van der Waals surface area (Å²) in [5.41, 5.74) is -0.459. The van der Waals surface area contributed by atoms with Gasteiger partial charge in [-0.05, 0) is 30.9 Å². The zero-order chi connectivity index (χ0) is 9.31. The van der Waals surface area contributed by atoms with Gasteiger partial charge in [0.1, 0.15) is 0 Å². The van der Waals surface area contributed by atoms with Gasteiger partial charge < -0.3 is 9.67 Å². The third-order valence-corrected chi connectivity index (χ3v) is 3.29. The first-order chi connectivity index (χ1) is 6.21. The molecule has 1 N–H and O–H groups in total. The highest BCUT2D eigenvalue weighted by Crippen LogP contribution is 2.36. The molecule has 1 aliphatic carbocycles. The lowest BCUT2D eigenvalue weighted by Crippen LogP contribution is -2.36. The Balaban J connectivity index is 2.08. The van der Waals surface area contributed by atoms with E-state index in [1.165, 1.54) is 6.42 Å². The molecule has 1 fully saturated rings. The van der Waals surface area contributed by atoms with Gasteiger partial charge >= 0.3 is 0 Å². The molecule has 2 unspecified atom stereocenters. The van der Waals surface area contributed by atoms with Crippen LogP contribution in [-0.4, -0.2) is 15.3 Å². The summed E-state index contributed by atoms with van der Waals surface area (Å²) in [5.74, 6) is 0.440. The van der Waals surface area contributed by atoms with E-state index >= 15 is 0 Å². The molecule has 2 heteroatoms. The molecule has 0 amide bonds. The number of hydrogen-bond donors (Lipinski definition) is 1. The third-order valence-electron chi connectivity index (χ3n) is 3.29. The summed E-state index contributed by atoms with van der Waals surface area (Å²) in [6.45, 7) is 2.90. The Labute approximate surface area is 79.2 Å². The van der Waals surface area contributed by atoms with Gasteiger partial charge in [0.15, 0.2) is 0 Å². The molecular weight excluding hydrogens is 162 g/mol. The van der Waals surface area contributed by atoms with Crippen molar-refractivity contribution in [3.05, 3.63) is 24.5 Å². The molecule has 1 aliphatic rings. The highest BCUT2D eigenvalue weighted by atomic mass is 16.3. The first-order valence-electron chi connectivity index (χ1n) is 5.04. The average Bonchev–Trinajstić information content (AvgIpc) is 2.65. The van der Waals surface area contributed by atoms with Crippen LogP contribution >= 0.6 is 0 Å². The van der Waals surface area contributed by atoms with Gasteiger partial charge in [-0.15, -0.1) is 0 Å². The summed E-state index contributed by atoms with van der Waals surface area (Å²) in [5, 5.41) is 10.3. The molecule has 72 valence electrons. The minimum atomic E-state index is -0.459. The van der Waals surface area contributed by atoms with E-state index in [1.807, 2.05) is 24.5 Å². The SMILES string of the molecule is CC1CCCC1(O)Cn1cccc1. The van der Waals surface area contributed by atoms with Crippen LogP contribution in [0, 0.1) is 5.92 Å². The maximum atomic E-state index is 10.3. The Bertz CT molecular complexity index is 268. The zero-order valence-electron chi connectivity index (χ0n) is 8.11. The van der Waals surface area contributed by atoms with E-state index in [0.717, 1.165) is 19.4 Å². The van der Waals surface area contributed by atoms with E-state index in [1.54, 1.807) is 0 Å². The molecule has 2 atom stereocenters. The summed E-state index contributed by atoms with van der Waals surface area (Å²) in [6.07, 6.45) is 7.31. The number of hydrogen-bond acceptors (Lipinski definition) is 1. The van der Waals surface area contributed by atoms with Crippen LogP contribution in [-0.2, 0) is 6.54 Å². The lowest BCUT2D eigenvalue weighted by atomic mass is 9.92. The van der Waals surface area contributed by atoms with Gasteiger partial charge in [0.05, 0.1) is 12.1 Å². The molecule has 1 saturated carbocycles. The first kappa shape index (κ1) is 8.82. The number of aliphatic hydroxyl groups is 1. The standard InChI is InChI=1S/C11H17NO/c1-10-5-4-6-11(10,13)9-12-7-2-3-8-12/h2-3,7-8,10,13H,4-6,9H2,1H3. The summed E-state index contributed by atoms with van der Waals surface area (Å²) in [7, 11) is 0. The van der Waals surface area contributed by atoms with Crippen LogP contribution < -0.4 is 0 Å². The second-order valence-corrected chi connectivity index (χ2v) is 4.25. The van der Waals surface area contributed by atoms with Crippen molar-refractivity contribution >= 4 is 0 Å². The maximum absolute atomic E-state index is 10.3. The van der Waals surface area contributed by atoms with Crippen molar-refractivity contribution in [2.24, 2.45) is 5.92 Å². The Morgan fingerprint density at radius 1 is 1.46 bits per heavy atom. The fourth-order valence-electron chi connectivity index (χ4n) is 2.26. The Morgan fingerprint density at radius 3 is 2.69 bits per heavy atom. The van der Waals surface area contributed by atoms with Crippen molar-refractivity contribution in [3.63, 3.8) is 0 Å². The van der Waals surface area contributed by atoms with Crippen molar-refractivity contribution in [2.45, 2.75) is 38.3 Å². The van der Waals surface area contributed by atoms with Crippen LogP contribution in [0.1, 0.15) is 26.2 Å². The predicted octanol–water partition coefficient (Wildman–Crippen LogP) is 2.04. The van der Waals surface area contributed by atoms with Gasteiger partial charge in [-0.2, -0.15) is 0 Å². The second kappa shape index (κ2) is 3.18. The van der Waals surface area contributed by atoms with E-state index in [4.69, 9.17) is 0 Å². The highest BCUT2D eigenvalue weighted by Gasteiger charge is 2.38. The molecule has 2 nitrogen and oxygen atoms in total. The molecule has 13 heavy (non-hydrogen) atoms. The van der Waals surface area contributed by atoms with Crippen LogP contribution in [0.25, 0.3) is 0 Å². The average molecular weight is 179 g/mol. The molecule has 0 radical (unpaired) electrons. The lowest BCUT2D eigenvalue weighted by Gasteiger charge is -2.28. The van der Waals surface area contributed by atoms with Gasteiger partial charge in [-0.3, -0.25) is 0 Å². The number of rotatable bonds is 2. The Hall–Kier alpha value is -0.760. The van der Waals surface area contributed by atoms with Crippen LogP contribution in [0.5, 0.6) is 0 Å². The van der Waals surface area contributed by atoms with Crippen LogP contribution in [0.3, 0.4) is 0 Å². The quantitative estimate of drug-likeness (QED) is 0.738. The van der Waals surface area contributed by atoms with Crippen molar-refractivity contribution < 1.29 is 5.11 Å². The summed E-state index contributed by atoms with van der Waals surface area (Å²) >= 11 is 0. The van der Waals surface area contributed by atoms with E-state index < -0.39 is 5.60 Å². The number of nitrogens with zero attached hydrogens (tertiary/aromatic N) is 1. The van der Waals surface area contributed by atoms with Gasteiger partial charge in [0.25, 0.3) is 0 Å². The van der Waals surface area contributed by atoms with E-state index in [0.29, 0.717) is 5.92 Å². The second-order valence-electron chi connectivity index (χ2n) is 4.25. The summed E-state index contributed by atoms with van der Waals surface area (Å²) < 4.78 is 2.07. The molecular formula is C11H17NO. The summed E-state index contributed by atoms with van der Waals surface area (Å²) in [6, 6.07) is 4.01. The molecule has 1 aromatic heterocycles. The normalized spacial score (nSPS) is 33.8. The lowest BCUT2D eigenvalue weighted by molar-refractivity contribution is -0.00697. The minimum Gasteiger partial charge on any atom is -0.388 e. The first-order valence-corrected chi connectivity index (χ1v) is 5.04. The molecule has 1 heterocycles. The van der Waals surface area contributed by atoms with Crippen LogP contribution in [0.15, 0.2) is 24.5 Å². The Kier molecular flexibility index (Phi) is 2.16. The fourth-order valence-corrected chi connectivity index (χ4v) is 2.26. The topological polar surface area (TPSA) is 25.2 Å². The van der Waals surface area contributed by atoms with Gasteiger partial charge in [-0.25, -0.2) is 0 Å². The van der Waals surface area contributed by atoms with Crippen molar-refractivity contribution in [3.8, 4) is 0 Å². The molecule has 0 aromatic carbocycles. The fraction of sp³-hybridized carbons (Fsp3) is 0.636. The molecule has 1 aromatic rings. The number of aromatic nitrogens is 1. The van der Waals surface area contributed by atoms with Gasteiger partial charge in [0, 0.05) is 12.4 Å². The van der Waals surface area contributed by atoms with E-state index in [-0.39, 0.29) is 0 Å². The van der Waals surface area contributed by atoms with Crippen molar-refractivity contribution in [1.82, 2.24) is 4.57 Å². The molecule has 0 aliphatic heterocycles. The monoisotopic (exact) mass is 179 g/mol. The summed E-state index contributed by atoms with van der Waals surface area (Å²) in [4.78, 5) is 0. The van der Waals surface area contributed by atoms with Crippen molar-refractivity contribution in [2.75, 3.05) is 0 Å². The largest absolute Gasteiger partial charge is 0.388 e. The molecule has 0 saturated heterocycles. The Morgan fingerprint density at radius 2 is 2.15 bits per heavy atom. The van der Waals surface area contributed by atoms with E-state index in [9.17, 15) is 5.11 Å². The highest BCUT2D eigenvalue weighted by molar-refractivity contribution is 4.96. The van der Waals surface area contributed by atoms with Gasteiger partial charge in [0.2, 0.25) is 0 Å². The van der Waals surface area contributed by atoms with Gasteiger partial charge in [-0.1, -0.05) is 13.3 Å². The third kappa shape index (κ3) is 1.63. The molecule has 2 rings (SSSR count). The zero-order valence-corrected chi connectivity index (χ0v) is 8.11. The van der Waals surface area contributed by atoms with Crippen LogP contribution in [0.2, 0.25) is 0 Å². The van der Waals surface area contributed by atoms with Crippen LogP contribution in [0.4, 0.5) is 0 Å². The van der Waals surface area contributed by atoms with E-state index in [2.05, 4.69) is 11.5 Å². The maximum Gasteiger partial charge on any atom is 0.0850 e. The predicted molar refractivity (Wildman–Crippen MR) is 52.4 cm³/mol. The smallest absolute Gasteiger partial charge is 0.0850 e. The van der Waals surface area contributed by atoms with Crippen molar-refractivity contribution in [1.29, 1.82) is 0 Å². The molecule has 0 bridgehead atoms. The minimum absolute atomic E-state index is 0.440.